The molecule has 0 atom stereocenters. The second-order valence-electron chi connectivity index (χ2n) is 12.7. The number of benzene rings is 7. The quantitative estimate of drug-likeness (QED) is 0.199. The van der Waals surface area contributed by atoms with Crippen LogP contribution in [0.2, 0.25) is 0 Å². The maximum absolute atomic E-state index is 10.4. The Balaban J connectivity index is 1.16. The zero-order chi connectivity index (χ0) is 31.1. The molecule has 0 saturated heterocycles. The standard InChI is InChI=1S/C45H28N2/c46-27-31-21-23-33(45-42(31)43-35-16-4-6-18-37(35)44(45)38-19-7-5-17-36(38)43)30-12-10-11-28(25-30)29-22-24-41-39(26-29)34-15-8-9-20-40(34)47(41)32-13-2-1-3-14-32/h1-26,43-44H. The van der Waals surface area contributed by atoms with Crippen LogP contribution in [-0.4, -0.2) is 4.57 Å². The number of aromatic nitrogens is 1. The summed E-state index contributed by atoms with van der Waals surface area (Å²) in [5.41, 5.74) is 16.9. The van der Waals surface area contributed by atoms with Crippen LogP contribution in [0, 0.1) is 11.3 Å². The summed E-state index contributed by atoms with van der Waals surface area (Å²) < 4.78 is 2.36. The fraction of sp³-hybridized carbons (Fsp3) is 0.0444. The van der Waals surface area contributed by atoms with Crippen molar-refractivity contribution >= 4 is 21.8 Å². The van der Waals surface area contributed by atoms with E-state index in [0.29, 0.717) is 0 Å². The van der Waals surface area contributed by atoms with E-state index >= 15 is 0 Å². The molecule has 3 aliphatic carbocycles. The molecule has 0 aliphatic heterocycles. The Morgan fingerprint density at radius 3 is 1.77 bits per heavy atom. The molecule has 2 nitrogen and oxygen atoms in total. The van der Waals surface area contributed by atoms with Gasteiger partial charge in [0.1, 0.15) is 0 Å². The van der Waals surface area contributed by atoms with Gasteiger partial charge in [-0.1, -0.05) is 115 Å². The highest BCUT2D eigenvalue weighted by Gasteiger charge is 2.43. The van der Waals surface area contributed by atoms with Gasteiger partial charge in [0.05, 0.1) is 22.7 Å². The Morgan fingerprint density at radius 2 is 1.04 bits per heavy atom. The second-order valence-corrected chi connectivity index (χ2v) is 12.7. The number of hydrogen-bond donors (Lipinski definition) is 0. The summed E-state index contributed by atoms with van der Waals surface area (Å²) in [4.78, 5) is 0. The van der Waals surface area contributed by atoms with Gasteiger partial charge in [0, 0.05) is 28.3 Å². The molecular weight excluding hydrogens is 569 g/mol. The van der Waals surface area contributed by atoms with Crippen molar-refractivity contribution in [3.05, 3.63) is 197 Å². The van der Waals surface area contributed by atoms with E-state index in [0.717, 1.165) is 11.3 Å². The second kappa shape index (κ2) is 9.91. The van der Waals surface area contributed by atoms with Crippen LogP contribution < -0.4 is 0 Å². The zero-order valence-electron chi connectivity index (χ0n) is 25.6. The monoisotopic (exact) mass is 596 g/mol. The molecule has 2 heteroatoms. The SMILES string of the molecule is N#Cc1ccc(-c2cccc(-c3ccc4c(c3)c3ccccc3n4-c3ccccc3)c2)c2c1C1c3ccccc3C2c2ccccc21. The molecule has 0 amide bonds. The lowest BCUT2D eigenvalue weighted by Gasteiger charge is -2.43. The van der Waals surface area contributed by atoms with Gasteiger partial charge in [-0.15, -0.1) is 0 Å². The molecule has 0 N–H and O–H groups in total. The molecular formula is C45H28N2. The molecule has 3 aliphatic rings. The minimum Gasteiger partial charge on any atom is -0.309 e. The van der Waals surface area contributed by atoms with Crippen molar-refractivity contribution in [3.63, 3.8) is 0 Å². The Bertz CT molecular complexity index is 2550. The third-order valence-electron chi connectivity index (χ3n) is 10.4. The van der Waals surface area contributed by atoms with Gasteiger partial charge in [-0.05, 0) is 98.1 Å². The Labute approximate surface area is 273 Å². The van der Waals surface area contributed by atoms with E-state index in [9.17, 15) is 5.26 Å². The molecule has 8 aromatic rings. The van der Waals surface area contributed by atoms with Gasteiger partial charge in [0.2, 0.25) is 0 Å². The van der Waals surface area contributed by atoms with Crippen molar-refractivity contribution in [3.8, 4) is 34.0 Å². The van der Waals surface area contributed by atoms with Crippen LogP contribution in [0.25, 0.3) is 49.7 Å². The van der Waals surface area contributed by atoms with Crippen LogP contribution in [0.1, 0.15) is 50.8 Å². The fourth-order valence-electron chi connectivity index (χ4n) is 8.51. The topological polar surface area (TPSA) is 28.7 Å². The molecule has 2 bridgehead atoms. The first kappa shape index (κ1) is 26.1. The summed E-state index contributed by atoms with van der Waals surface area (Å²) in [5, 5.41) is 12.8. The third-order valence-corrected chi connectivity index (χ3v) is 10.4. The van der Waals surface area contributed by atoms with Gasteiger partial charge < -0.3 is 4.57 Å². The number of para-hydroxylation sites is 2. The van der Waals surface area contributed by atoms with Gasteiger partial charge in [0.25, 0.3) is 0 Å². The summed E-state index contributed by atoms with van der Waals surface area (Å²) in [6.45, 7) is 0. The van der Waals surface area contributed by atoms with Gasteiger partial charge in [-0.25, -0.2) is 0 Å². The summed E-state index contributed by atoms with van der Waals surface area (Å²) in [5.74, 6) is 0.152. The maximum Gasteiger partial charge on any atom is 0.0994 e. The summed E-state index contributed by atoms with van der Waals surface area (Å²) in [6, 6.07) is 59.5. The molecule has 0 unspecified atom stereocenters. The van der Waals surface area contributed by atoms with E-state index < -0.39 is 0 Å². The van der Waals surface area contributed by atoms with Crippen molar-refractivity contribution in [2.45, 2.75) is 11.8 Å². The first-order chi connectivity index (χ1) is 23.3. The summed E-state index contributed by atoms with van der Waals surface area (Å²) in [6.07, 6.45) is 0. The van der Waals surface area contributed by atoms with E-state index in [4.69, 9.17) is 0 Å². The minimum atomic E-state index is 0.0597. The molecule has 11 rings (SSSR count). The lowest BCUT2D eigenvalue weighted by Crippen LogP contribution is -2.29. The number of rotatable bonds is 3. The van der Waals surface area contributed by atoms with Crippen molar-refractivity contribution < 1.29 is 0 Å². The lowest BCUT2D eigenvalue weighted by atomic mass is 9.59. The average molecular weight is 597 g/mol. The van der Waals surface area contributed by atoms with Gasteiger partial charge >= 0.3 is 0 Å². The van der Waals surface area contributed by atoms with Crippen molar-refractivity contribution in [1.29, 1.82) is 5.26 Å². The van der Waals surface area contributed by atoms with Crippen molar-refractivity contribution in [2.75, 3.05) is 0 Å². The summed E-state index contributed by atoms with van der Waals surface area (Å²) >= 11 is 0. The molecule has 1 aromatic heterocycles. The van der Waals surface area contributed by atoms with E-state index in [1.54, 1.807) is 0 Å². The van der Waals surface area contributed by atoms with Crippen LogP contribution >= 0.6 is 0 Å². The molecule has 47 heavy (non-hydrogen) atoms. The Hall–Kier alpha value is -6.17. The number of fused-ring (bicyclic) bond motifs is 3. The van der Waals surface area contributed by atoms with Crippen LogP contribution in [0.5, 0.6) is 0 Å². The molecule has 0 radical (unpaired) electrons. The highest BCUT2D eigenvalue weighted by Crippen LogP contribution is 2.58. The first-order valence-corrected chi connectivity index (χ1v) is 16.2. The normalized spacial score (nSPS) is 15.6. The highest BCUT2D eigenvalue weighted by molar-refractivity contribution is 6.10. The van der Waals surface area contributed by atoms with Gasteiger partial charge in [-0.2, -0.15) is 5.26 Å². The lowest BCUT2D eigenvalue weighted by molar-refractivity contribution is 0.753. The van der Waals surface area contributed by atoms with Crippen molar-refractivity contribution in [2.24, 2.45) is 0 Å². The fourth-order valence-corrected chi connectivity index (χ4v) is 8.51. The molecule has 0 spiro atoms. The number of hydrogen-bond acceptors (Lipinski definition) is 1. The van der Waals surface area contributed by atoms with Crippen LogP contribution in [0.3, 0.4) is 0 Å². The Kier molecular flexibility index (Phi) is 5.50. The van der Waals surface area contributed by atoms with E-state index in [-0.39, 0.29) is 11.8 Å². The van der Waals surface area contributed by atoms with E-state index in [2.05, 4.69) is 162 Å². The van der Waals surface area contributed by atoms with Crippen LogP contribution in [0.15, 0.2) is 158 Å². The molecule has 1 heterocycles. The molecule has 218 valence electrons. The van der Waals surface area contributed by atoms with Crippen molar-refractivity contribution in [1.82, 2.24) is 4.57 Å². The molecule has 0 saturated carbocycles. The highest BCUT2D eigenvalue weighted by atomic mass is 15.0. The summed E-state index contributed by atoms with van der Waals surface area (Å²) in [7, 11) is 0. The van der Waals surface area contributed by atoms with E-state index in [1.807, 2.05) is 6.07 Å². The number of nitriles is 1. The number of nitrogens with zero attached hydrogens (tertiary/aromatic N) is 2. The predicted molar refractivity (Wildman–Crippen MR) is 191 cm³/mol. The van der Waals surface area contributed by atoms with Gasteiger partial charge in [-0.3, -0.25) is 0 Å². The third kappa shape index (κ3) is 3.66. The molecule has 0 fully saturated rings. The van der Waals surface area contributed by atoms with E-state index in [1.165, 1.54) is 77.4 Å². The largest absolute Gasteiger partial charge is 0.309 e. The predicted octanol–water partition coefficient (Wildman–Crippen LogP) is 11.0. The van der Waals surface area contributed by atoms with Crippen LogP contribution in [0.4, 0.5) is 0 Å². The van der Waals surface area contributed by atoms with Gasteiger partial charge in [0.15, 0.2) is 0 Å². The Morgan fingerprint density at radius 1 is 0.447 bits per heavy atom. The first-order valence-electron chi connectivity index (χ1n) is 16.2. The zero-order valence-corrected chi connectivity index (χ0v) is 25.6. The maximum atomic E-state index is 10.4. The molecule has 7 aromatic carbocycles. The van der Waals surface area contributed by atoms with Crippen LogP contribution in [-0.2, 0) is 0 Å². The minimum absolute atomic E-state index is 0.0597. The smallest absolute Gasteiger partial charge is 0.0994 e. The average Bonchev–Trinajstić information content (AvgIpc) is 3.48.